The van der Waals surface area contributed by atoms with Crippen LogP contribution in [0.2, 0.25) is 0 Å². The maximum Gasteiger partial charge on any atom is 0.414 e. The number of nitrogens with one attached hydrogen (secondary N) is 2. The monoisotopic (exact) mass is 639 g/mol. The second kappa shape index (κ2) is 12.3. The van der Waals surface area contributed by atoms with Crippen LogP contribution in [0.25, 0.3) is 11.0 Å². The summed E-state index contributed by atoms with van der Waals surface area (Å²) < 4.78 is 23.4. The lowest BCUT2D eigenvalue weighted by Crippen LogP contribution is -2.54. The number of fused-ring (bicyclic) bond motifs is 1. The van der Waals surface area contributed by atoms with Crippen LogP contribution in [0, 0.1) is 0 Å². The molecular weight excluding hydrogens is 598 g/mol. The molecule has 248 valence electrons. The highest BCUT2D eigenvalue weighted by Crippen LogP contribution is 2.32. The number of hydrogen-bond donors (Lipinski definition) is 2. The van der Waals surface area contributed by atoms with E-state index < -0.39 is 29.3 Å². The largest absolute Gasteiger partial charge is 0.444 e. The molecule has 2 fully saturated rings. The Morgan fingerprint density at radius 1 is 1.04 bits per heavy atom. The summed E-state index contributed by atoms with van der Waals surface area (Å²) in [7, 11) is 3.09. The van der Waals surface area contributed by atoms with Gasteiger partial charge in [0.15, 0.2) is 5.52 Å². The second-order valence-electron chi connectivity index (χ2n) is 13.5. The van der Waals surface area contributed by atoms with E-state index in [4.69, 9.17) is 18.7 Å². The molecule has 1 aliphatic heterocycles. The Morgan fingerprint density at radius 2 is 1.74 bits per heavy atom. The minimum atomic E-state index is -0.774. The Labute approximate surface area is 266 Å². The second-order valence-corrected chi connectivity index (χ2v) is 13.5. The van der Waals surface area contributed by atoms with E-state index in [1.54, 1.807) is 71.5 Å². The zero-order valence-electron chi connectivity index (χ0n) is 27.4. The van der Waals surface area contributed by atoms with Gasteiger partial charge in [-0.1, -0.05) is 5.16 Å². The van der Waals surface area contributed by atoms with E-state index in [9.17, 15) is 19.2 Å². The number of anilines is 3. The van der Waals surface area contributed by atoms with Gasteiger partial charge >= 0.3 is 12.2 Å². The number of nitrogens with zero attached hydrogens (tertiary/aromatic N) is 5. The minimum Gasteiger partial charge on any atom is -0.444 e. The van der Waals surface area contributed by atoms with E-state index in [1.807, 2.05) is 0 Å². The van der Waals surface area contributed by atoms with Crippen molar-refractivity contribution in [1.29, 1.82) is 0 Å². The molecule has 1 saturated carbocycles. The molecule has 15 heteroatoms. The van der Waals surface area contributed by atoms with Crippen LogP contribution < -0.4 is 21.1 Å². The normalized spacial score (nSPS) is 18.4. The van der Waals surface area contributed by atoms with Crippen molar-refractivity contribution in [3.8, 4) is 0 Å². The number of methoxy groups -OCH3 is 1. The van der Waals surface area contributed by atoms with Crippen LogP contribution in [0.5, 0.6) is 0 Å². The van der Waals surface area contributed by atoms with Gasteiger partial charge in [-0.2, -0.15) is 0 Å². The summed E-state index contributed by atoms with van der Waals surface area (Å²) in [5, 5.41) is 10.0. The van der Waals surface area contributed by atoms with E-state index in [0.29, 0.717) is 13.1 Å². The van der Waals surface area contributed by atoms with E-state index in [-0.39, 0.29) is 57.7 Å². The molecule has 2 atom stereocenters. The number of pyridine rings is 2. The summed E-state index contributed by atoms with van der Waals surface area (Å²) >= 11 is 0. The third kappa shape index (κ3) is 6.93. The smallest absolute Gasteiger partial charge is 0.414 e. The van der Waals surface area contributed by atoms with Gasteiger partial charge in [0.1, 0.15) is 28.2 Å². The molecule has 3 aromatic heterocycles. The van der Waals surface area contributed by atoms with Crippen LogP contribution in [0.1, 0.15) is 71.0 Å². The molecule has 46 heavy (non-hydrogen) atoms. The standard InChI is InChI=1S/C31H41N7O8/c1-30(2,3)44-28(41)36(7)20-14-22(34-24-23(20)35-46-25(24)26(39)33-18-11-12-21(18)43-8)32-19-10-9-13-38(27(19)40)17-15-37(16-17)29(42)45-31(4,5)6/h9-10,13-14,17-18,21H,11-12,15-16H2,1-8H3,(H,32,34)(H,33,39)/t18-,21-/m1/s1. The molecule has 0 unspecified atom stereocenters. The first-order valence-corrected chi connectivity index (χ1v) is 15.1. The van der Waals surface area contributed by atoms with Crippen molar-refractivity contribution in [3.63, 3.8) is 0 Å². The lowest BCUT2D eigenvalue weighted by atomic mass is 9.89. The van der Waals surface area contributed by atoms with Gasteiger partial charge in [0, 0.05) is 39.5 Å². The van der Waals surface area contributed by atoms with Gasteiger partial charge in [-0.15, -0.1) is 0 Å². The van der Waals surface area contributed by atoms with Crippen LogP contribution in [0.3, 0.4) is 0 Å². The van der Waals surface area contributed by atoms with Crippen molar-refractivity contribution in [2.45, 2.75) is 83.8 Å². The van der Waals surface area contributed by atoms with Gasteiger partial charge in [-0.05, 0) is 66.5 Å². The molecule has 15 nitrogen and oxygen atoms in total. The van der Waals surface area contributed by atoms with Crippen molar-refractivity contribution >= 4 is 46.3 Å². The van der Waals surface area contributed by atoms with E-state index >= 15 is 0 Å². The van der Waals surface area contributed by atoms with Gasteiger partial charge in [-0.3, -0.25) is 14.5 Å². The Balaban J connectivity index is 1.45. The van der Waals surface area contributed by atoms with E-state index in [0.717, 1.165) is 12.8 Å². The number of amides is 3. The molecule has 0 radical (unpaired) electrons. The maximum atomic E-state index is 13.6. The highest BCUT2D eigenvalue weighted by Gasteiger charge is 2.36. The van der Waals surface area contributed by atoms with Gasteiger partial charge in [0.25, 0.3) is 11.5 Å². The van der Waals surface area contributed by atoms with Crippen molar-refractivity contribution in [1.82, 2.24) is 24.9 Å². The molecule has 0 aromatic carbocycles. The Kier molecular flexibility index (Phi) is 8.73. The molecule has 0 bridgehead atoms. The number of carbonyl (C=O) groups excluding carboxylic acids is 3. The first-order valence-electron chi connectivity index (χ1n) is 15.1. The zero-order valence-corrected chi connectivity index (χ0v) is 27.4. The molecule has 0 spiro atoms. The predicted octanol–water partition coefficient (Wildman–Crippen LogP) is 4.20. The van der Waals surface area contributed by atoms with Crippen LogP contribution in [-0.4, -0.2) is 88.3 Å². The summed E-state index contributed by atoms with van der Waals surface area (Å²) in [4.78, 5) is 59.6. The molecule has 3 aromatic rings. The molecule has 1 aliphatic carbocycles. The summed E-state index contributed by atoms with van der Waals surface area (Å²) in [5.74, 6) is -0.528. The fraction of sp³-hybridized carbons (Fsp3) is 0.548. The molecular formula is C31H41N7O8. The average molecular weight is 640 g/mol. The summed E-state index contributed by atoms with van der Waals surface area (Å²) in [5.41, 5.74) is -1.07. The van der Waals surface area contributed by atoms with Crippen molar-refractivity contribution < 1.29 is 33.1 Å². The molecule has 4 heterocycles. The fourth-order valence-electron chi connectivity index (χ4n) is 5.09. The number of hydrogen-bond acceptors (Lipinski definition) is 11. The van der Waals surface area contributed by atoms with E-state index in [1.165, 1.54) is 22.9 Å². The predicted molar refractivity (Wildman–Crippen MR) is 169 cm³/mol. The van der Waals surface area contributed by atoms with E-state index in [2.05, 4.69) is 20.8 Å². The first-order chi connectivity index (χ1) is 21.5. The summed E-state index contributed by atoms with van der Waals surface area (Å²) in [6, 6.07) is 4.38. The lowest BCUT2D eigenvalue weighted by molar-refractivity contribution is 0.000665. The van der Waals surface area contributed by atoms with Crippen LogP contribution >= 0.6 is 0 Å². The summed E-state index contributed by atoms with van der Waals surface area (Å²) in [6.07, 6.45) is 2.01. The third-order valence-electron chi connectivity index (χ3n) is 7.63. The highest BCUT2D eigenvalue weighted by atomic mass is 16.6. The van der Waals surface area contributed by atoms with Crippen LogP contribution in [0.4, 0.5) is 26.8 Å². The topological polar surface area (TPSA) is 170 Å². The quantitative estimate of drug-likeness (QED) is 0.380. The molecule has 5 rings (SSSR count). The molecule has 2 aliphatic rings. The number of likely N-dealkylation sites (tertiary alicyclic amines) is 1. The van der Waals surface area contributed by atoms with Gasteiger partial charge in [0.05, 0.1) is 23.9 Å². The summed E-state index contributed by atoms with van der Waals surface area (Å²) in [6.45, 7) is 11.3. The average Bonchev–Trinajstić information content (AvgIpc) is 3.34. The first kappa shape index (κ1) is 32.7. The number of ether oxygens (including phenoxy) is 3. The number of rotatable bonds is 7. The van der Waals surface area contributed by atoms with Crippen molar-refractivity contribution in [3.05, 3.63) is 40.5 Å². The molecule has 3 amide bonds. The van der Waals surface area contributed by atoms with Crippen LogP contribution in [-0.2, 0) is 14.2 Å². The van der Waals surface area contributed by atoms with Crippen molar-refractivity contribution in [2.75, 3.05) is 37.5 Å². The zero-order chi connectivity index (χ0) is 33.6. The third-order valence-corrected chi connectivity index (χ3v) is 7.63. The van der Waals surface area contributed by atoms with Gasteiger partial charge < -0.3 is 38.8 Å². The SMILES string of the molecule is CO[C@@H]1CC[C@H]1NC(=O)c1onc2c(N(C)C(=O)OC(C)(C)C)cc(Nc3cccn(C4CN(C(=O)OC(C)(C)C)C4)c3=O)nc12. The Morgan fingerprint density at radius 3 is 2.35 bits per heavy atom. The van der Waals surface area contributed by atoms with Crippen molar-refractivity contribution in [2.24, 2.45) is 0 Å². The lowest BCUT2D eigenvalue weighted by Gasteiger charge is -2.40. The minimum absolute atomic E-state index is 0.0875. The maximum absolute atomic E-state index is 13.6. The molecule has 2 N–H and O–H groups in total. The Hall–Kier alpha value is -4.66. The highest BCUT2D eigenvalue weighted by molar-refractivity contribution is 6.07. The fourth-order valence-corrected chi connectivity index (χ4v) is 5.09. The number of aromatic nitrogens is 3. The van der Waals surface area contributed by atoms with Crippen LogP contribution in [0.15, 0.2) is 33.7 Å². The Bertz CT molecular complexity index is 1700. The van der Waals surface area contributed by atoms with Gasteiger partial charge in [-0.25, -0.2) is 14.6 Å². The number of carbonyl (C=O) groups is 3. The van der Waals surface area contributed by atoms with Gasteiger partial charge in [0.2, 0.25) is 5.76 Å². The molecule has 1 saturated heterocycles.